The Balaban J connectivity index is 2.80. The van der Waals surface area contributed by atoms with Crippen molar-refractivity contribution in [3.8, 4) is 0 Å². The molecule has 0 aliphatic rings. The second-order valence-electron chi connectivity index (χ2n) is 3.78. The van der Waals surface area contributed by atoms with Crippen LogP contribution in [0.5, 0.6) is 0 Å². The fourth-order valence-corrected chi connectivity index (χ4v) is 1.56. The molecule has 0 aromatic carbocycles. The Hall–Kier alpha value is -1.35. The summed E-state index contributed by atoms with van der Waals surface area (Å²) in [6.45, 7) is 9.82. The van der Waals surface area contributed by atoms with Crippen LogP contribution < -0.4 is 10.2 Å². The van der Waals surface area contributed by atoms with E-state index in [2.05, 4.69) is 47.8 Å². The number of hydrogen-bond donors (Lipinski definition) is 1. The van der Waals surface area contributed by atoms with Gasteiger partial charge in [-0.05, 0) is 33.0 Å². The molecule has 1 unspecified atom stereocenters. The van der Waals surface area contributed by atoms with Gasteiger partial charge in [0, 0.05) is 19.1 Å². The molecule has 0 saturated carbocycles. The summed E-state index contributed by atoms with van der Waals surface area (Å²) >= 11 is 0. The number of likely N-dealkylation sites (N-methyl/N-ethyl adjacent to an activating group) is 1. The van der Waals surface area contributed by atoms with Crippen LogP contribution in [0.2, 0.25) is 0 Å². The van der Waals surface area contributed by atoms with E-state index in [-0.39, 0.29) is 0 Å². The van der Waals surface area contributed by atoms with Gasteiger partial charge in [0.25, 0.3) is 0 Å². The summed E-state index contributed by atoms with van der Waals surface area (Å²) in [4.78, 5) is 6.69. The van der Waals surface area contributed by atoms with E-state index in [1.165, 1.54) is 0 Å². The lowest BCUT2D eigenvalue weighted by atomic mass is 10.2. The van der Waals surface area contributed by atoms with Crippen LogP contribution in [-0.2, 0) is 0 Å². The predicted octanol–water partition coefficient (Wildman–Crippen LogP) is 2.37. The topological polar surface area (TPSA) is 28.2 Å². The van der Waals surface area contributed by atoms with Crippen LogP contribution in [0.1, 0.15) is 25.6 Å². The van der Waals surface area contributed by atoms with Crippen molar-refractivity contribution in [2.75, 3.05) is 25.0 Å². The van der Waals surface area contributed by atoms with Crippen molar-refractivity contribution in [2.24, 2.45) is 0 Å². The van der Waals surface area contributed by atoms with E-state index < -0.39 is 0 Å². The SMILES string of the molecule is C=CCN(CC)c1ccc(C(C)NC)nc1. The summed E-state index contributed by atoms with van der Waals surface area (Å²) in [7, 11) is 1.94. The van der Waals surface area contributed by atoms with Crippen LogP contribution in [0.15, 0.2) is 31.0 Å². The van der Waals surface area contributed by atoms with Crippen molar-refractivity contribution >= 4 is 5.69 Å². The highest BCUT2D eigenvalue weighted by Crippen LogP contribution is 2.15. The van der Waals surface area contributed by atoms with Crippen molar-refractivity contribution in [1.29, 1.82) is 0 Å². The van der Waals surface area contributed by atoms with E-state index in [9.17, 15) is 0 Å². The van der Waals surface area contributed by atoms with Gasteiger partial charge in [0.1, 0.15) is 0 Å². The van der Waals surface area contributed by atoms with E-state index in [0.29, 0.717) is 6.04 Å². The number of rotatable bonds is 6. The Kier molecular flexibility index (Phi) is 4.99. The maximum Gasteiger partial charge on any atom is 0.0571 e. The van der Waals surface area contributed by atoms with E-state index in [4.69, 9.17) is 0 Å². The predicted molar refractivity (Wildman–Crippen MR) is 69.8 cm³/mol. The second-order valence-corrected chi connectivity index (χ2v) is 3.78. The van der Waals surface area contributed by atoms with Gasteiger partial charge in [0.05, 0.1) is 17.6 Å². The molecule has 0 radical (unpaired) electrons. The first-order valence-corrected chi connectivity index (χ1v) is 5.72. The van der Waals surface area contributed by atoms with Crippen molar-refractivity contribution in [1.82, 2.24) is 10.3 Å². The fourth-order valence-electron chi connectivity index (χ4n) is 1.56. The van der Waals surface area contributed by atoms with Gasteiger partial charge < -0.3 is 10.2 Å². The number of nitrogens with zero attached hydrogens (tertiary/aromatic N) is 2. The lowest BCUT2D eigenvalue weighted by Crippen LogP contribution is -2.23. The van der Waals surface area contributed by atoms with E-state index in [1.54, 1.807) is 0 Å². The first kappa shape index (κ1) is 12.7. The van der Waals surface area contributed by atoms with Crippen molar-refractivity contribution in [3.63, 3.8) is 0 Å². The number of pyridine rings is 1. The zero-order valence-electron chi connectivity index (χ0n) is 10.4. The quantitative estimate of drug-likeness (QED) is 0.745. The van der Waals surface area contributed by atoms with Crippen LogP contribution in [0.25, 0.3) is 0 Å². The molecular formula is C13H21N3. The van der Waals surface area contributed by atoms with Gasteiger partial charge >= 0.3 is 0 Å². The van der Waals surface area contributed by atoms with Gasteiger partial charge in [-0.15, -0.1) is 6.58 Å². The Morgan fingerprint density at radius 3 is 2.75 bits per heavy atom. The van der Waals surface area contributed by atoms with Crippen LogP contribution in [-0.4, -0.2) is 25.1 Å². The molecule has 0 bridgehead atoms. The van der Waals surface area contributed by atoms with Crippen LogP contribution in [0.3, 0.4) is 0 Å². The molecule has 1 N–H and O–H groups in total. The largest absolute Gasteiger partial charge is 0.367 e. The highest BCUT2D eigenvalue weighted by Gasteiger charge is 2.06. The van der Waals surface area contributed by atoms with Gasteiger partial charge in [-0.2, -0.15) is 0 Å². The maximum absolute atomic E-state index is 4.46. The zero-order valence-corrected chi connectivity index (χ0v) is 10.4. The average molecular weight is 219 g/mol. The molecule has 3 heteroatoms. The minimum absolute atomic E-state index is 0.295. The lowest BCUT2D eigenvalue weighted by molar-refractivity contribution is 0.632. The zero-order chi connectivity index (χ0) is 12.0. The maximum atomic E-state index is 4.46. The van der Waals surface area contributed by atoms with Gasteiger partial charge in [-0.25, -0.2) is 0 Å². The molecule has 0 amide bonds. The average Bonchev–Trinajstić information content (AvgIpc) is 2.35. The highest BCUT2D eigenvalue weighted by molar-refractivity contribution is 5.45. The van der Waals surface area contributed by atoms with Gasteiger partial charge in [0.15, 0.2) is 0 Å². The summed E-state index contributed by atoms with van der Waals surface area (Å²) in [5.41, 5.74) is 2.22. The Morgan fingerprint density at radius 1 is 1.56 bits per heavy atom. The smallest absolute Gasteiger partial charge is 0.0571 e. The minimum atomic E-state index is 0.295. The molecule has 88 valence electrons. The third-order valence-corrected chi connectivity index (χ3v) is 2.74. The van der Waals surface area contributed by atoms with Crippen molar-refractivity contribution in [3.05, 3.63) is 36.7 Å². The number of nitrogens with one attached hydrogen (secondary N) is 1. The van der Waals surface area contributed by atoms with Crippen LogP contribution in [0.4, 0.5) is 5.69 Å². The highest BCUT2D eigenvalue weighted by atomic mass is 15.1. The van der Waals surface area contributed by atoms with Crippen LogP contribution in [0, 0.1) is 0 Å². The summed E-state index contributed by atoms with van der Waals surface area (Å²) in [6, 6.07) is 4.48. The normalized spacial score (nSPS) is 12.2. The molecule has 16 heavy (non-hydrogen) atoms. The summed E-state index contributed by atoms with van der Waals surface area (Å²) in [5.74, 6) is 0. The molecular weight excluding hydrogens is 198 g/mol. The summed E-state index contributed by atoms with van der Waals surface area (Å²) in [6.07, 6.45) is 3.84. The molecule has 1 rings (SSSR count). The van der Waals surface area contributed by atoms with Gasteiger partial charge in [-0.1, -0.05) is 6.08 Å². The number of anilines is 1. The Bertz CT molecular complexity index is 318. The molecule has 1 aromatic heterocycles. The van der Waals surface area contributed by atoms with Crippen molar-refractivity contribution in [2.45, 2.75) is 19.9 Å². The molecule has 3 nitrogen and oxygen atoms in total. The van der Waals surface area contributed by atoms with E-state index >= 15 is 0 Å². The molecule has 0 fully saturated rings. The first-order chi connectivity index (χ1) is 7.72. The third kappa shape index (κ3) is 3.07. The monoisotopic (exact) mass is 219 g/mol. The lowest BCUT2D eigenvalue weighted by Gasteiger charge is -2.21. The molecule has 0 spiro atoms. The molecule has 0 saturated heterocycles. The second kappa shape index (κ2) is 6.28. The molecule has 1 atom stereocenters. The third-order valence-electron chi connectivity index (χ3n) is 2.74. The Labute approximate surface area is 98.2 Å². The molecule has 0 aliphatic carbocycles. The Morgan fingerprint density at radius 2 is 2.31 bits per heavy atom. The first-order valence-electron chi connectivity index (χ1n) is 5.72. The molecule has 1 heterocycles. The van der Waals surface area contributed by atoms with Crippen LogP contribution >= 0.6 is 0 Å². The molecule has 1 aromatic rings. The molecule has 0 aliphatic heterocycles. The summed E-state index contributed by atoms with van der Waals surface area (Å²) in [5, 5.41) is 3.18. The summed E-state index contributed by atoms with van der Waals surface area (Å²) < 4.78 is 0. The van der Waals surface area contributed by atoms with Crippen molar-refractivity contribution < 1.29 is 0 Å². The minimum Gasteiger partial charge on any atom is -0.367 e. The van der Waals surface area contributed by atoms with E-state index in [1.807, 2.05) is 19.3 Å². The number of hydrogen-bond acceptors (Lipinski definition) is 3. The standard InChI is InChI=1S/C13H21N3/c1-5-9-16(6-2)12-7-8-13(15-10-12)11(3)14-4/h5,7-8,10-11,14H,1,6,9H2,2-4H3. The van der Waals surface area contributed by atoms with Gasteiger partial charge in [-0.3, -0.25) is 4.98 Å². The fraction of sp³-hybridized carbons (Fsp3) is 0.462. The van der Waals surface area contributed by atoms with Gasteiger partial charge in [0.2, 0.25) is 0 Å². The van der Waals surface area contributed by atoms with E-state index in [0.717, 1.165) is 24.5 Å². The number of aromatic nitrogens is 1.